The third-order valence-electron chi connectivity index (χ3n) is 3.23. The van der Waals surface area contributed by atoms with E-state index in [1.165, 1.54) is 0 Å². The van der Waals surface area contributed by atoms with Crippen molar-refractivity contribution >= 4 is 5.91 Å². The van der Waals surface area contributed by atoms with Gasteiger partial charge in [-0.3, -0.25) is 4.79 Å². The lowest BCUT2D eigenvalue weighted by Crippen LogP contribution is -2.55. The molecule has 1 aliphatic rings. The molecular weight excluding hydrogens is 192 g/mol. The number of ether oxygens (including phenoxy) is 1. The normalized spacial score (nSPS) is 32.7. The van der Waals surface area contributed by atoms with E-state index in [2.05, 4.69) is 5.32 Å². The molecule has 0 bridgehead atoms. The highest BCUT2D eigenvalue weighted by Gasteiger charge is 2.38. The molecule has 0 aromatic carbocycles. The Balaban J connectivity index is 2.49. The molecule has 0 aromatic heterocycles. The van der Waals surface area contributed by atoms with Crippen LogP contribution >= 0.6 is 0 Å². The Morgan fingerprint density at radius 3 is 2.87 bits per heavy atom. The minimum absolute atomic E-state index is 0.0586. The van der Waals surface area contributed by atoms with Crippen LogP contribution in [0.5, 0.6) is 0 Å². The molecule has 15 heavy (non-hydrogen) atoms. The quantitative estimate of drug-likeness (QED) is 0.727. The van der Waals surface area contributed by atoms with Crippen molar-refractivity contribution in [1.29, 1.82) is 0 Å². The minimum atomic E-state index is -0.389. The minimum Gasteiger partial charge on any atom is -0.376 e. The van der Waals surface area contributed by atoms with Gasteiger partial charge in [-0.2, -0.15) is 0 Å². The van der Waals surface area contributed by atoms with Crippen molar-refractivity contribution in [3.63, 3.8) is 0 Å². The number of hydrogen-bond donors (Lipinski definition) is 2. The highest BCUT2D eigenvalue weighted by atomic mass is 16.5. The van der Waals surface area contributed by atoms with Crippen LogP contribution in [0.3, 0.4) is 0 Å². The van der Waals surface area contributed by atoms with Crippen LogP contribution in [0.2, 0.25) is 0 Å². The summed E-state index contributed by atoms with van der Waals surface area (Å²) in [6.07, 6.45) is 2.59. The lowest BCUT2D eigenvalue weighted by atomic mass is 9.94. The van der Waals surface area contributed by atoms with Gasteiger partial charge in [0.05, 0.1) is 17.7 Å². The number of hydrogen-bond acceptors (Lipinski definition) is 3. The molecule has 0 aromatic rings. The Bertz CT molecular complexity index is 233. The average molecular weight is 214 g/mol. The van der Waals surface area contributed by atoms with Crippen molar-refractivity contribution in [2.45, 2.75) is 57.7 Å². The fourth-order valence-corrected chi connectivity index (χ4v) is 1.82. The molecule has 1 heterocycles. The van der Waals surface area contributed by atoms with Crippen LogP contribution < -0.4 is 11.1 Å². The Morgan fingerprint density at radius 1 is 1.73 bits per heavy atom. The summed E-state index contributed by atoms with van der Waals surface area (Å²) < 4.78 is 5.45. The van der Waals surface area contributed by atoms with Crippen molar-refractivity contribution in [2.75, 3.05) is 6.61 Å². The topological polar surface area (TPSA) is 64.4 Å². The van der Waals surface area contributed by atoms with Gasteiger partial charge in [0.25, 0.3) is 0 Å². The van der Waals surface area contributed by atoms with E-state index in [-0.39, 0.29) is 23.6 Å². The molecule has 1 amide bonds. The molecular formula is C11H22N2O2. The molecule has 1 saturated heterocycles. The fraction of sp³-hybridized carbons (Fsp3) is 0.909. The van der Waals surface area contributed by atoms with Crippen LogP contribution in [0.4, 0.5) is 0 Å². The zero-order valence-electron chi connectivity index (χ0n) is 9.88. The second-order valence-corrected chi connectivity index (χ2v) is 4.56. The van der Waals surface area contributed by atoms with E-state index in [9.17, 15) is 4.79 Å². The first-order chi connectivity index (χ1) is 6.99. The largest absolute Gasteiger partial charge is 0.376 e. The molecule has 3 atom stereocenters. The fourth-order valence-electron chi connectivity index (χ4n) is 1.82. The summed E-state index contributed by atoms with van der Waals surface area (Å²) >= 11 is 0. The zero-order chi connectivity index (χ0) is 11.5. The van der Waals surface area contributed by atoms with Gasteiger partial charge < -0.3 is 15.8 Å². The number of nitrogens with one attached hydrogen (secondary N) is 1. The third kappa shape index (κ3) is 2.92. The van der Waals surface area contributed by atoms with E-state index in [4.69, 9.17) is 10.5 Å². The van der Waals surface area contributed by atoms with E-state index < -0.39 is 0 Å². The summed E-state index contributed by atoms with van der Waals surface area (Å²) in [6, 6.07) is -0.389. The SMILES string of the molecule is CCCC(N)C(=O)NC1(C)CCOC1C. The van der Waals surface area contributed by atoms with Gasteiger partial charge in [0, 0.05) is 6.61 Å². The molecule has 1 fully saturated rings. The second-order valence-electron chi connectivity index (χ2n) is 4.56. The van der Waals surface area contributed by atoms with Crippen molar-refractivity contribution in [2.24, 2.45) is 5.73 Å². The molecule has 4 heteroatoms. The summed E-state index contributed by atoms with van der Waals surface area (Å²) in [5.74, 6) is -0.0586. The van der Waals surface area contributed by atoms with Gasteiger partial charge in [0.2, 0.25) is 5.91 Å². The van der Waals surface area contributed by atoms with E-state index in [0.717, 1.165) is 19.3 Å². The first-order valence-electron chi connectivity index (χ1n) is 5.69. The molecule has 0 aliphatic carbocycles. The first-order valence-corrected chi connectivity index (χ1v) is 5.69. The molecule has 0 saturated carbocycles. The predicted molar refractivity (Wildman–Crippen MR) is 59.5 cm³/mol. The highest BCUT2D eigenvalue weighted by molar-refractivity contribution is 5.82. The van der Waals surface area contributed by atoms with Crippen LogP contribution in [0, 0.1) is 0 Å². The highest BCUT2D eigenvalue weighted by Crippen LogP contribution is 2.25. The molecule has 3 unspecified atom stereocenters. The monoisotopic (exact) mass is 214 g/mol. The van der Waals surface area contributed by atoms with Gasteiger partial charge in [0.1, 0.15) is 0 Å². The van der Waals surface area contributed by atoms with Gasteiger partial charge in [-0.05, 0) is 26.7 Å². The Morgan fingerprint density at radius 2 is 2.40 bits per heavy atom. The molecule has 4 nitrogen and oxygen atoms in total. The van der Waals surface area contributed by atoms with Gasteiger partial charge in [-0.1, -0.05) is 13.3 Å². The number of nitrogens with two attached hydrogens (primary N) is 1. The zero-order valence-corrected chi connectivity index (χ0v) is 9.88. The summed E-state index contributed by atoms with van der Waals surface area (Å²) in [5, 5.41) is 3.00. The Hall–Kier alpha value is -0.610. The molecule has 1 rings (SSSR count). The summed E-state index contributed by atoms with van der Waals surface area (Å²) in [5.41, 5.74) is 5.51. The van der Waals surface area contributed by atoms with Crippen molar-refractivity contribution in [1.82, 2.24) is 5.32 Å². The van der Waals surface area contributed by atoms with Gasteiger partial charge >= 0.3 is 0 Å². The van der Waals surface area contributed by atoms with Crippen LogP contribution in [0.15, 0.2) is 0 Å². The number of carbonyl (C=O) groups is 1. The predicted octanol–water partition coefficient (Wildman–Crippen LogP) is 0.797. The van der Waals surface area contributed by atoms with E-state index in [1.807, 2.05) is 20.8 Å². The van der Waals surface area contributed by atoms with Crippen LogP contribution in [-0.4, -0.2) is 30.2 Å². The Kier molecular flexibility index (Phi) is 4.11. The Labute approximate surface area is 91.5 Å². The third-order valence-corrected chi connectivity index (χ3v) is 3.23. The maximum Gasteiger partial charge on any atom is 0.237 e. The second kappa shape index (κ2) is 4.94. The van der Waals surface area contributed by atoms with Crippen molar-refractivity contribution in [3.05, 3.63) is 0 Å². The number of carbonyl (C=O) groups excluding carboxylic acids is 1. The van der Waals surface area contributed by atoms with Crippen molar-refractivity contribution in [3.8, 4) is 0 Å². The van der Waals surface area contributed by atoms with Crippen LogP contribution in [0.1, 0.15) is 40.0 Å². The molecule has 88 valence electrons. The lowest BCUT2D eigenvalue weighted by molar-refractivity contribution is -0.124. The smallest absolute Gasteiger partial charge is 0.237 e. The average Bonchev–Trinajstić information content (AvgIpc) is 2.47. The molecule has 0 spiro atoms. The van der Waals surface area contributed by atoms with Gasteiger partial charge in [-0.15, -0.1) is 0 Å². The maximum atomic E-state index is 11.7. The molecule has 3 N–H and O–H groups in total. The summed E-state index contributed by atoms with van der Waals surface area (Å²) in [6.45, 7) is 6.73. The van der Waals surface area contributed by atoms with Crippen LogP contribution in [0.25, 0.3) is 0 Å². The maximum absolute atomic E-state index is 11.7. The van der Waals surface area contributed by atoms with Crippen LogP contribution in [-0.2, 0) is 9.53 Å². The van der Waals surface area contributed by atoms with Gasteiger partial charge in [0.15, 0.2) is 0 Å². The molecule has 0 radical (unpaired) electrons. The van der Waals surface area contributed by atoms with Crippen molar-refractivity contribution < 1.29 is 9.53 Å². The first kappa shape index (κ1) is 12.5. The van der Waals surface area contributed by atoms with E-state index >= 15 is 0 Å². The van der Waals surface area contributed by atoms with E-state index in [1.54, 1.807) is 0 Å². The number of amides is 1. The van der Waals surface area contributed by atoms with E-state index in [0.29, 0.717) is 6.61 Å². The molecule has 1 aliphatic heterocycles. The number of rotatable bonds is 4. The lowest BCUT2D eigenvalue weighted by Gasteiger charge is -2.30. The summed E-state index contributed by atoms with van der Waals surface area (Å²) in [4.78, 5) is 11.7. The standard InChI is InChI=1S/C11H22N2O2/c1-4-5-9(12)10(14)13-11(3)6-7-15-8(11)2/h8-9H,4-7,12H2,1-3H3,(H,13,14). The van der Waals surface area contributed by atoms with Gasteiger partial charge in [-0.25, -0.2) is 0 Å². The summed E-state index contributed by atoms with van der Waals surface area (Å²) in [7, 11) is 0.